The highest BCUT2D eigenvalue weighted by atomic mass is 32.2. The standard InChI is InChI=1S/C31H30FN5O4S/c1-2-31(40)23-13-27-28-21(16-37(27)29(38)22(23)17-41-30(31)39)20(19-12-25(33)24(32)14-26(19)34-28)15-35-8-10-36(11-9-35)42-18-6-4-3-5-7-18/h3-7,12-14,40H,2,8-11,15-17,33H2,1H3/t31-/m0/s1. The van der Waals surface area contributed by atoms with Gasteiger partial charge in [0, 0.05) is 60.2 Å². The number of piperazine rings is 1. The predicted molar refractivity (Wildman–Crippen MR) is 158 cm³/mol. The number of carbonyl (C=O) groups excluding carboxylic acids is 1. The summed E-state index contributed by atoms with van der Waals surface area (Å²) in [6, 6.07) is 14.9. The molecule has 0 unspecified atom stereocenters. The van der Waals surface area contributed by atoms with Gasteiger partial charge in [0.05, 0.1) is 34.7 Å². The van der Waals surface area contributed by atoms with E-state index in [9.17, 15) is 19.1 Å². The van der Waals surface area contributed by atoms with Gasteiger partial charge in [-0.2, -0.15) is 0 Å². The van der Waals surface area contributed by atoms with Crippen molar-refractivity contribution in [2.24, 2.45) is 0 Å². The second kappa shape index (κ2) is 10.2. The van der Waals surface area contributed by atoms with Gasteiger partial charge in [0.15, 0.2) is 5.60 Å². The molecule has 0 amide bonds. The molecule has 7 rings (SSSR count). The van der Waals surface area contributed by atoms with E-state index in [0.29, 0.717) is 23.4 Å². The number of hydrogen-bond acceptors (Lipinski definition) is 9. The maximum absolute atomic E-state index is 14.7. The number of fused-ring (bicyclic) bond motifs is 5. The Morgan fingerprint density at radius 1 is 1.10 bits per heavy atom. The fraction of sp³-hybridized carbons (Fsp3) is 0.323. The number of carbonyl (C=O) groups is 1. The number of hydrogen-bond donors (Lipinski definition) is 2. The molecule has 3 aliphatic rings. The lowest BCUT2D eigenvalue weighted by Crippen LogP contribution is -2.44. The molecule has 0 saturated carbocycles. The minimum Gasteiger partial charge on any atom is -0.458 e. The van der Waals surface area contributed by atoms with Crippen molar-refractivity contribution in [1.82, 2.24) is 18.8 Å². The summed E-state index contributed by atoms with van der Waals surface area (Å²) in [4.78, 5) is 34.6. The van der Waals surface area contributed by atoms with Crippen LogP contribution in [-0.4, -0.2) is 56.0 Å². The van der Waals surface area contributed by atoms with Crippen molar-refractivity contribution in [3.63, 3.8) is 0 Å². The Morgan fingerprint density at radius 2 is 1.86 bits per heavy atom. The Labute approximate surface area is 245 Å². The summed E-state index contributed by atoms with van der Waals surface area (Å²) in [6.45, 7) is 5.74. The molecule has 216 valence electrons. The maximum Gasteiger partial charge on any atom is 0.343 e. The topological polar surface area (TPSA) is 114 Å². The Kier molecular flexibility index (Phi) is 6.58. The monoisotopic (exact) mass is 587 g/mol. The van der Waals surface area contributed by atoms with Crippen molar-refractivity contribution in [3.8, 4) is 11.4 Å². The molecule has 0 spiro atoms. The SMILES string of the molecule is CC[C@@]1(O)C(=O)OCc2c1cc1n(c2=O)Cc2c-1nc1cc(F)c(N)cc1c2CN1CCN(Sc2ccccc2)CC1. The smallest absolute Gasteiger partial charge is 0.343 e. The van der Waals surface area contributed by atoms with Crippen LogP contribution in [0.25, 0.3) is 22.3 Å². The molecular formula is C31H30FN5O4S. The molecule has 1 saturated heterocycles. The second-order valence-corrected chi connectivity index (χ2v) is 12.2. The molecule has 3 aliphatic heterocycles. The lowest BCUT2D eigenvalue weighted by Gasteiger charge is -2.34. The number of nitrogens with zero attached hydrogens (tertiary/aromatic N) is 4. The van der Waals surface area contributed by atoms with Gasteiger partial charge in [-0.3, -0.25) is 9.69 Å². The molecule has 2 aromatic heterocycles. The number of pyridine rings is 2. The highest BCUT2D eigenvalue weighted by Crippen LogP contribution is 2.41. The number of rotatable bonds is 5. The number of anilines is 1. The van der Waals surface area contributed by atoms with Crippen LogP contribution < -0.4 is 11.3 Å². The van der Waals surface area contributed by atoms with Crippen LogP contribution >= 0.6 is 11.9 Å². The first-order valence-corrected chi connectivity index (χ1v) is 14.8. The summed E-state index contributed by atoms with van der Waals surface area (Å²) in [7, 11) is 0. The lowest BCUT2D eigenvalue weighted by atomic mass is 9.86. The van der Waals surface area contributed by atoms with E-state index in [1.54, 1.807) is 35.6 Å². The number of esters is 1. The normalized spacial score (nSPS) is 20.3. The van der Waals surface area contributed by atoms with Crippen LogP contribution in [0.15, 0.2) is 58.2 Å². The van der Waals surface area contributed by atoms with E-state index in [-0.39, 0.29) is 41.9 Å². The van der Waals surface area contributed by atoms with E-state index in [1.807, 2.05) is 18.2 Å². The first-order valence-electron chi connectivity index (χ1n) is 14.0. The van der Waals surface area contributed by atoms with Crippen LogP contribution in [0, 0.1) is 5.82 Å². The van der Waals surface area contributed by atoms with Gasteiger partial charge in [0.25, 0.3) is 5.56 Å². The van der Waals surface area contributed by atoms with E-state index in [4.69, 9.17) is 15.5 Å². The van der Waals surface area contributed by atoms with E-state index >= 15 is 0 Å². The average molecular weight is 588 g/mol. The van der Waals surface area contributed by atoms with E-state index < -0.39 is 17.4 Å². The van der Waals surface area contributed by atoms with E-state index in [0.717, 1.165) is 42.7 Å². The van der Waals surface area contributed by atoms with Crippen molar-refractivity contribution >= 4 is 34.5 Å². The Bertz CT molecular complexity index is 1810. The molecule has 0 radical (unpaired) electrons. The minimum atomic E-state index is -1.91. The zero-order valence-corrected chi connectivity index (χ0v) is 23.9. The van der Waals surface area contributed by atoms with Crippen molar-refractivity contribution < 1.29 is 19.0 Å². The molecule has 11 heteroatoms. The quantitative estimate of drug-likeness (QED) is 0.181. The summed E-state index contributed by atoms with van der Waals surface area (Å²) >= 11 is 1.75. The molecular weight excluding hydrogens is 557 g/mol. The number of aromatic nitrogens is 2. The third-order valence-electron chi connectivity index (χ3n) is 8.61. The first-order chi connectivity index (χ1) is 20.3. The summed E-state index contributed by atoms with van der Waals surface area (Å²) < 4.78 is 23.8. The number of halogens is 1. The summed E-state index contributed by atoms with van der Waals surface area (Å²) in [5.41, 5.74) is 7.65. The van der Waals surface area contributed by atoms with Gasteiger partial charge < -0.3 is 20.1 Å². The summed E-state index contributed by atoms with van der Waals surface area (Å²) in [6.07, 6.45) is 0.0595. The molecule has 4 aromatic rings. The lowest BCUT2D eigenvalue weighted by molar-refractivity contribution is -0.172. The zero-order valence-electron chi connectivity index (χ0n) is 23.1. The van der Waals surface area contributed by atoms with Gasteiger partial charge >= 0.3 is 5.97 Å². The van der Waals surface area contributed by atoms with Crippen LogP contribution in [-0.2, 0) is 34.8 Å². The number of nitrogens with two attached hydrogens (primary N) is 1. The van der Waals surface area contributed by atoms with Crippen molar-refractivity contribution in [2.75, 3.05) is 31.9 Å². The van der Waals surface area contributed by atoms with Gasteiger partial charge in [-0.25, -0.2) is 18.5 Å². The largest absolute Gasteiger partial charge is 0.458 e. The Morgan fingerprint density at radius 3 is 2.60 bits per heavy atom. The van der Waals surface area contributed by atoms with E-state index in [2.05, 4.69) is 21.3 Å². The Balaban J connectivity index is 1.28. The van der Waals surface area contributed by atoms with Crippen LogP contribution in [0.5, 0.6) is 0 Å². The van der Waals surface area contributed by atoms with Crippen molar-refractivity contribution in [2.45, 2.75) is 43.5 Å². The predicted octanol–water partition coefficient (Wildman–Crippen LogP) is 3.63. The van der Waals surface area contributed by atoms with Crippen LogP contribution in [0.2, 0.25) is 0 Å². The number of aliphatic hydroxyl groups is 1. The summed E-state index contributed by atoms with van der Waals surface area (Å²) in [5.74, 6) is -1.33. The third kappa shape index (κ3) is 4.30. The Hall–Kier alpha value is -3.77. The van der Waals surface area contributed by atoms with Crippen molar-refractivity contribution in [3.05, 3.63) is 87.0 Å². The minimum absolute atomic E-state index is 0.0430. The fourth-order valence-electron chi connectivity index (χ4n) is 6.21. The number of nitrogen functional groups attached to an aromatic ring is 1. The molecule has 1 fully saturated rings. The molecule has 1 atom stereocenters. The third-order valence-corrected chi connectivity index (χ3v) is 9.72. The first kappa shape index (κ1) is 27.1. The molecule has 2 aromatic carbocycles. The molecule has 0 bridgehead atoms. The number of ether oxygens (including phenoxy) is 1. The molecule has 5 heterocycles. The van der Waals surface area contributed by atoms with E-state index in [1.165, 1.54) is 11.0 Å². The van der Waals surface area contributed by atoms with Gasteiger partial charge in [0.1, 0.15) is 12.4 Å². The van der Waals surface area contributed by atoms with Crippen molar-refractivity contribution in [1.29, 1.82) is 0 Å². The van der Waals surface area contributed by atoms with Gasteiger partial charge in [-0.15, -0.1) is 0 Å². The highest BCUT2D eigenvalue weighted by molar-refractivity contribution is 7.97. The van der Waals surface area contributed by atoms with Crippen LogP contribution in [0.1, 0.15) is 35.6 Å². The molecule has 9 nitrogen and oxygen atoms in total. The summed E-state index contributed by atoms with van der Waals surface area (Å²) in [5, 5.41) is 12.0. The van der Waals surface area contributed by atoms with Gasteiger partial charge in [0.2, 0.25) is 0 Å². The zero-order chi connectivity index (χ0) is 29.2. The van der Waals surface area contributed by atoms with Crippen LogP contribution in [0.4, 0.5) is 10.1 Å². The molecule has 0 aliphatic carbocycles. The second-order valence-electron chi connectivity index (χ2n) is 11.0. The van der Waals surface area contributed by atoms with Gasteiger partial charge in [-0.05, 0) is 48.2 Å². The number of cyclic esters (lactones) is 1. The van der Waals surface area contributed by atoms with Crippen LogP contribution in [0.3, 0.4) is 0 Å². The fourth-order valence-corrected chi connectivity index (χ4v) is 7.14. The van der Waals surface area contributed by atoms with Gasteiger partial charge in [-0.1, -0.05) is 25.1 Å². The molecule has 42 heavy (non-hydrogen) atoms. The molecule has 3 N–H and O–H groups in total. The average Bonchev–Trinajstić information content (AvgIpc) is 3.36. The highest BCUT2D eigenvalue weighted by Gasteiger charge is 2.45. The number of benzene rings is 2. The maximum atomic E-state index is 14.7.